The molecule has 2 amide bonds. The van der Waals surface area contributed by atoms with Gasteiger partial charge in [0.1, 0.15) is 29.2 Å². The first-order valence-electron chi connectivity index (χ1n) is 11.4. The molecule has 2 saturated heterocycles. The van der Waals surface area contributed by atoms with Gasteiger partial charge < -0.3 is 19.7 Å². The molecule has 0 unspecified atom stereocenters. The minimum absolute atomic E-state index is 0.0516. The fourth-order valence-corrected chi connectivity index (χ4v) is 5.00. The van der Waals surface area contributed by atoms with E-state index in [1.807, 2.05) is 16.7 Å². The smallest absolute Gasteiger partial charge is 0.329 e. The van der Waals surface area contributed by atoms with Gasteiger partial charge in [0.2, 0.25) is 11.5 Å². The number of hydrogen-bond acceptors (Lipinski definition) is 8. The zero-order chi connectivity index (χ0) is 24.1. The second-order valence-electron chi connectivity index (χ2n) is 8.68. The molecular weight excluding hydrogens is 452 g/mol. The first-order chi connectivity index (χ1) is 17.0. The molecule has 2 aromatic heterocycles. The third-order valence-corrected chi connectivity index (χ3v) is 6.61. The lowest BCUT2D eigenvalue weighted by Crippen LogP contribution is -2.45. The Morgan fingerprint density at radius 3 is 2.94 bits per heavy atom. The molecule has 3 aliphatic heterocycles. The van der Waals surface area contributed by atoms with Crippen LogP contribution in [0.5, 0.6) is 5.75 Å². The molecule has 5 heterocycles. The van der Waals surface area contributed by atoms with Crippen molar-refractivity contribution in [3.63, 3.8) is 0 Å². The maximum atomic E-state index is 13.1. The first-order valence-corrected chi connectivity index (χ1v) is 11.4. The molecule has 0 spiro atoms. The molecule has 178 valence electrons. The average Bonchev–Trinajstić information content (AvgIpc) is 3.60. The Kier molecular flexibility index (Phi) is 4.97. The van der Waals surface area contributed by atoms with Gasteiger partial charge in [-0.2, -0.15) is 4.99 Å². The quantitative estimate of drug-likeness (QED) is 0.547. The van der Waals surface area contributed by atoms with E-state index in [9.17, 15) is 14.4 Å². The van der Waals surface area contributed by atoms with Crippen LogP contribution in [0.25, 0.3) is 10.9 Å². The van der Waals surface area contributed by atoms with E-state index in [1.54, 1.807) is 23.2 Å². The highest BCUT2D eigenvalue weighted by Gasteiger charge is 2.48. The van der Waals surface area contributed by atoms with Gasteiger partial charge in [-0.25, -0.2) is 9.78 Å². The van der Waals surface area contributed by atoms with Gasteiger partial charge in [-0.15, -0.1) is 0 Å². The summed E-state index contributed by atoms with van der Waals surface area (Å²) < 4.78 is 12.8. The SMILES string of the molecule is COc1c(CC(=O)N2C[C@@H]3C[C@H]2C(=O)O3)ccc2c3n(c(=NC(=O)c4cccnc4)nc12)CCN3. The highest BCUT2D eigenvalue weighted by atomic mass is 16.6. The number of morpholine rings is 1. The van der Waals surface area contributed by atoms with Gasteiger partial charge in [0, 0.05) is 42.9 Å². The van der Waals surface area contributed by atoms with Crippen LogP contribution in [-0.2, 0) is 27.3 Å². The van der Waals surface area contributed by atoms with E-state index in [0.717, 1.165) is 11.2 Å². The van der Waals surface area contributed by atoms with Gasteiger partial charge >= 0.3 is 5.97 Å². The van der Waals surface area contributed by atoms with Gasteiger partial charge in [-0.05, 0) is 18.2 Å². The van der Waals surface area contributed by atoms with Crippen molar-refractivity contribution in [3.05, 3.63) is 53.4 Å². The van der Waals surface area contributed by atoms with Crippen molar-refractivity contribution < 1.29 is 23.9 Å². The average molecular weight is 474 g/mol. The number of benzene rings is 1. The fraction of sp³-hybridized carbons (Fsp3) is 0.333. The van der Waals surface area contributed by atoms with Crippen molar-refractivity contribution in [1.29, 1.82) is 0 Å². The minimum atomic E-state index is -0.509. The van der Waals surface area contributed by atoms with Gasteiger partial charge in [-0.1, -0.05) is 6.07 Å². The Balaban J connectivity index is 1.41. The Hall–Kier alpha value is -4.28. The number of carbonyl (C=O) groups excluding carboxylic acids is 3. The van der Waals surface area contributed by atoms with Crippen LogP contribution in [0.4, 0.5) is 5.82 Å². The number of methoxy groups -OCH3 is 1. The summed E-state index contributed by atoms with van der Waals surface area (Å²) in [6.07, 6.45) is 3.43. The van der Waals surface area contributed by atoms with Crippen LogP contribution in [0.3, 0.4) is 0 Å². The van der Waals surface area contributed by atoms with E-state index >= 15 is 0 Å². The zero-order valence-electron chi connectivity index (χ0n) is 18.9. The van der Waals surface area contributed by atoms with Crippen LogP contribution in [0.1, 0.15) is 22.3 Å². The number of ether oxygens (including phenoxy) is 2. The van der Waals surface area contributed by atoms with E-state index in [0.29, 0.717) is 48.4 Å². The second kappa shape index (κ2) is 8.19. The number of hydrogen-bond donors (Lipinski definition) is 1. The number of nitrogens with one attached hydrogen (secondary N) is 1. The molecule has 6 rings (SSSR count). The maximum absolute atomic E-state index is 13.1. The standard InChI is InChI=1S/C24H22N6O5/c1-34-20-13(9-18(31)30-12-15-10-17(30)23(33)35-15)4-5-16-19(20)27-24(29-8-7-26-21(16)29)28-22(32)14-3-2-6-25-11-14/h2-6,11,15,17,26H,7-10,12H2,1H3/t15-,17-/m0/s1. The lowest BCUT2D eigenvalue weighted by Gasteiger charge is -2.26. The van der Waals surface area contributed by atoms with Crippen molar-refractivity contribution in [1.82, 2.24) is 19.4 Å². The van der Waals surface area contributed by atoms with Crippen LogP contribution >= 0.6 is 0 Å². The van der Waals surface area contributed by atoms with Crippen LogP contribution in [-0.4, -0.2) is 69.6 Å². The number of fused-ring (bicyclic) bond motifs is 5. The van der Waals surface area contributed by atoms with Crippen molar-refractivity contribution in [2.24, 2.45) is 4.99 Å². The van der Waals surface area contributed by atoms with E-state index in [4.69, 9.17) is 9.47 Å². The Bertz CT molecular complexity index is 1450. The van der Waals surface area contributed by atoms with Crippen LogP contribution < -0.4 is 15.7 Å². The normalized spacial score (nSPS) is 20.7. The number of aromatic nitrogens is 3. The number of rotatable bonds is 4. The van der Waals surface area contributed by atoms with Crippen LogP contribution in [0.15, 0.2) is 41.7 Å². The van der Waals surface area contributed by atoms with E-state index in [-0.39, 0.29) is 30.0 Å². The third kappa shape index (κ3) is 3.50. The summed E-state index contributed by atoms with van der Waals surface area (Å²) in [6, 6.07) is 6.53. The fourth-order valence-electron chi connectivity index (χ4n) is 5.00. The van der Waals surface area contributed by atoms with Gasteiger partial charge in [0.05, 0.1) is 25.6 Å². The number of nitrogens with zero attached hydrogens (tertiary/aromatic N) is 5. The van der Waals surface area contributed by atoms with Gasteiger partial charge in [0.25, 0.3) is 5.91 Å². The molecule has 2 bridgehead atoms. The highest BCUT2D eigenvalue weighted by molar-refractivity contribution is 5.97. The van der Waals surface area contributed by atoms with Crippen molar-refractivity contribution in [2.45, 2.75) is 31.5 Å². The molecule has 35 heavy (non-hydrogen) atoms. The van der Waals surface area contributed by atoms with Crippen molar-refractivity contribution in [2.75, 3.05) is 25.5 Å². The maximum Gasteiger partial charge on any atom is 0.329 e. The lowest BCUT2D eigenvalue weighted by molar-refractivity contribution is -0.156. The van der Waals surface area contributed by atoms with E-state index in [2.05, 4.69) is 20.3 Å². The summed E-state index contributed by atoms with van der Waals surface area (Å²) in [5.41, 5.74) is 1.74. The zero-order valence-corrected chi connectivity index (χ0v) is 18.9. The minimum Gasteiger partial charge on any atom is -0.494 e. The monoisotopic (exact) mass is 474 g/mol. The molecule has 11 nitrogen and oxygen atoms in total. The van der Waals surface area contributed by atoms with Gasteiger partial charge in [-0.3, -0.25) is 19.1 Å². The summed E-state index contributed by atoms with van der Waals surface area (Å²) in [5, 5.41) is 4.13. The topological polar surface area (TPSA) is 128 Å². The molecule has 3 aromatic rings. The molecule has 3 aliphatic rings. The number of amides is 2. The highest BCUT2D eigenvalue weighted by Crippen LogP contribution is 2.34. The summed E-state index contributed by atoms with van der Waals surface area (Å²) in [4.78, 5) is 52.3. The number of pyridine rings is 1. The molecule has 1 aromatic carbocycles. The molecule has 0 saturated carbocycles. The molecule has 1 N–H and O–H groups in total. The Morgan fingerprint density at radius 2 is 2.20 bits per heavy atom. The summed E-state index contributed by atoms with van der Waals surface area (Å²) in [6.45, 7) is 1.69. The predicted molar refractivity (Wildman–Crippen MR) is 123 cm³/mol. The second-order valence-corrected chi connectivity index (χ2v) is 8.68. The van der Waals surface area contributed by atoms with Crippen molar-refractivity contribution >= 4 is 34.5 Å². The molecule has 11 heteroatoms. The molecule has 2 atom stereocenters. The Labute approximate surface area is 199 Å². The summed E-state index contributed by atoms with van der Waals surface area (Å²) in [7, 11) is 1.52. The van der Waals surface area contributed by atoms with E-state index in [1.165, 1.54) is 13.3 Å². The molecular formula is C24H22N6O5. The largest absolute Gasteiger partial charge is 0.494 e. The van der Waals surface area contributed by atoms with Gasteiger partial charge in [0.15, 0.2) is 0 Å². The Morgan fingerprint density at radius 1 is 1.31 bits per heavy atom. The van der Waals surface area contributed by atoms with E-state index < -0.39 is 11.9 Å². The summed E-state index contributed by atoms with van der Waals surface area (Å²) in [5.74, 6) is 0.253. The third-order valence-electron chi connectivity index (χ3n) is 6.61. The molecule has 0 radical (unpaired) electrons. The van der Waals surface area contributed by atoms with Crippen LogP contribution in [0, 0.1) is 0 Å². The number of esters is 1. The number of anilines is 1. The first kappa shape index (κ1) is 21.3. The molecule has 2 fully saturated rings. The number of carbonyl (C=O) groups is 3. The predicted octanol–water partition coefficient (Wildman–Crippen LogP) is 0.675. The van der Waals surface area contributed by atoms with Crippen LogP contribution in [0.2, 0.25) is 0 Å². The summed E-state index contributed by atoms with van der Waals surface area (Å²) >= 11 is 0. The molecule has 0 aliphatic carbocycles. The number of likely N-dealkylation sites (tertiary alicyclic amines) is 1. The lowest BCUT2D eigenvalue weighted by atomic mass is 10.1. The van der Waals surface area contributed by atoms with Crippen molar-refractivity contribution in [3.8, 4) is 5.75 Å².